The van der Waals surface area contributed by atoms with Crippen LogP contribution in [0.1, 0.15) is 18.1 Å². The number of carbonyl (C=O) groups is 1. The largest absolute Gasteiger partial charge is 0.466 e. The fourth-order valence-corrected chi connectivity index (χ4v) is 3.93. The van der Waals surface area contributed by atoms with Crippen molar-refractivity contribution in [2.45, 2.75) is 24.4 Å². The molecule has 5 nitrogen and oxygen atoms in total. The molecule has 0 aliphatic heterocycles. The van der Waals surface area contributed by atoms with E-state index >= 15 is 0 Å². The van der Waals surface area contributed by atoms with Crippen LogP contribution >= 0.6 is 0 Å². The van der Waals surface area contributed by atoms with Gasteiger partial charge in [-0.05, 0) is 31.0 Å². The molecular weight excluding hydrogens is 395 g/mol. The van der Waals surface area contributed by atoms with Gasteiger partial charge in [0.05, 0.1) is 23.0 Å². The van der Waals surface area contributed by atoms with Gasteiger partial charge in [-0.25, -0.2) is 13.1 Å². The molecule has 0 saturated carbocycles. The number of hydrogen-bond donors (Lipinski definition) is 1. The normalized spacial score (nSPS) is 13.1. The summed E-state index contributed by atoms with van der Waals surface area (Å²) in [7, 11) is -4.49. The Labute approximate surface area is 161 Å². The van der Waals surface area contributed by atoms with Gasteiger partial charge >= 0.3 is 12.1 Å². The first-order chi connectivity index (χ1) is 13.1. The summed E-state index contributed by atoms with van der Waals surface area (Å²) in [4.78, 5) is 11.3. The highest BCUT2D eigenvalue weighted by Crippen LogP contribution is 2.33. The molecule has 0 fully saturated rings. The van der Waals surface area contributed by atoms with E-state index in [1.807, 2.05) is 0 Å². The molecule has 0 aliphatic carbocycles. The maximum absolute atomic E-state index is 13.1. The summed E-state index contributed by atoms with van der Waals surface area (Å²) in [6, 6.07) is 12.7. The second-order valence-electron chi connectivity index (χ2n) is 5.98. The fourth-order valence-electron chi connectivity index (χ4n) is 2.62. The molecule has 0 aromatic heterocycles. The van der Waals surface area contributed by atoms with Crippen molar-refractivity contribution < 1.29 is 31.1 Å². The lowest BCUT2D eigenvalue weighted by Gasteiger charge is -2.18. The maximum Gasteiger partial charge on any atom is 0.417 e. The van der Waals surface area contributed by atoms with Gasteiger partial charge in [-0.15, -0.1) is 0 Å². The van der Waals surface area contributed by atoms with E-state index in [4.69, 9.17) is 4.74 Å². The molecule has 0 spiro atoms. The van der Waals surface area contributed by atoms with Crippen molar-refractivity contribution in [2.75, 3.05) is 13.2 Å². The SMILES string of the molecule is CCOC(=O)C(CNS(=O)(=O)c1ccccc1C(F)(F)F)Cc1ccccc1. The molecule has 2 aromatic rings. The fraction of sp³-hybridized carbons (Fsp3) is 0.316. The molecule has 0 radical (unpaired) electrons. The molecule has 1 N–H and O–H groups in total. The minimum absolute atomic E-state index is 0.105. The third-order valence-corrected chi connectivity index (χ3v) is 5.43. The van der Waals surface area contributed by atoms with Crippen molar-refractivity contribution in [3.8, 4) is 0 Å². The van der Waals surface area contributed by atoms with E-state index in [2.05, 4.69) is 4.72 Å². The minimum Gasteiger partial charge on any atom is -0.466 e. The average molecular weight is 415 g/mol. The Morgan fingerprint density at radius 2 is 1.68 bits per heavy atom. The first-order valence-corrected chi connectivity index (χ1v) is 10.00. The molecular formula is C19H20F3NO4S. The van der Waals surface area contributed by atoms with Crippen LogP contribution in [0.25, 0.3) is 0 Å². The Bertz CT molecular complexity index is 899. The minimum atomic E-state index is -4.82. The van der Waals surface area contributed by atoms with E-state index in [0.29, 0.717) is 6.07 Å². The average Bonchev–Trinajstić information content (AvgIpc) is 2.65. The zero-order chi connectivity index (χ0) is 20.8. The smallest absolute Gasteiger partial charge is 0.417 e. The van der Waals surface area contributed by atoms with E-state index < -0.39 is 38.5 Å². The summed E-state index contributed by atoms with van der Waals surface area (Å²) in [6.07, 6.45) is -4.64. The first-order valence-electron chi connectivity index (χ1n) is 8.51. The van der Waals surface area contributed by atoms with Gasteiger partial charge in [-0.1, -0.05) is 42.5 Å². The molecule has 0 bridgehead atoms. The number of benzene rings is 2. The standard InChI is InChI=1S/C19H20F3NO4S/c1-2-27-18(24)15(12-14-8-4-3-5-9-14)13-23-28(25,26)17-11-7-6-10-16(17)19(20,21)22/h3-11,15,23H,2,12-13H2,1H3. The number of sulfonamides is 1. The van der Waals surface area contributed by atoms with E-state index in [-0.39, 0.29) is 19.6 Å². The zero-order valence-electron chi connectivity index (χ0n) is 15.1. The number of carbonyl (C=O) groups excluding carboxylic acids is 1. The highest BCUT2D eigenvalue weighted by Gasteiger charge is 2.37. The van der Waals surface area contributed by atoms with Crippen LogP contribution in [0.5, 0.6) is 0 Å². The molecule has 0 heterocycles. The monoisotopic (exact) mass is 415 g/mol. The molecule has 2 rings (SSSR count). The van der Waals surface area contributed by atoms with Crippen LogP contribution < -0.4 is 4.72 Å². The lowest BCUT2D eigenvalue weighted by Crippen LogP contribution is -2.35. The molecule has 152 valence electrons. The lowest BCUT2D eigenvalue weighted by molar-refractivity contribution is -0.147. The van der Waals surface area contributed by atoms with Gasteiger partial charge in [0.2, 0.25) is 10.0 Å². The van der Waals surface area contributed by atoms with Gasteiger partial charge in [0, 0.05) is 6.54 Å². The van der Waals surface area contributed by atoms with E-state index in [1.165, 1.54) is 6.07 Å². The summed E-state index contributed by atoms with van der Waals surface area (Å²) >= 11 is 0. The Morgan fingerprint density at radius 1 is 1.07 bits per heavy atom. The summed E-state index contributed by atoms with van der Waals surface area (Å²) in [5.41, 5.74) is -0.492. The Hall–Kier alpha value is -2.39. The quantitative estimate of drug-likeness (QED) is 0.671. The highest BCUT2D eigenvalue weighted by atomic mass is 32.2. The topological polar surface area (TPSA) is 72.5 Å². The van der Waals surface area contributed by atoms with Crippen molar-refractivity contribution >= 4 is 16.0 Å². The Kier molecular flexibility index (Phi) is 7.20. The molecule has 0 aliphatic rings. The second kappa shape index (κ2) is 9.20. The van der Waals surface area contributed by atoms with Gasteiger partial charge in [0.1, 0.15) is 0 Å². The maximum atomic E-state index is 13.1. The van der Waals surface area contributed by atoms with Crippen LogP contribution in [-0.4, -0.2) is 27.5 Å². The lowest BCUT2D eigenvalue weighted by atomic mass is 10.00. The molecule has 1 atom stereocenters. The Morgan fingerprint density at radius 3 is 2.29 bits per heavy atom. The summed E-state index contributed by atoms with van der Waals surface area (Å²) in [5, 5.41) is 0. The van der Waals surface area contributed by atoms with Crippen LogP contribution in [0.3, 0.4) is 0 Å². The number of ether oxygens (including phenoxy) is 1. The van der Waals surface area contributed by atoms with Crippen LogP contribution in [0.15, 0.2) is 59.5 Å². The summed E-state index contributed by atoms with van der Waals surface area (Å²) in [6.45, 7) is 1.33. The third kappa shape index (κ3) is 5.80. The van der Waals surface area contributed by atoms with Crippen LogP contribution in [0.4, 0.5) is 13.2 Å². The molecule has 28 heavy (non-hydrogen) atoms. The number of esters is 1. The van der Waals surface area contributed by atoms with E-state index in [1.54, 1.807) is 37.3 Å². The number of halogens is 3. The summed E-state index contributed by atoms with van der Waals surface area (Å²) < 4.78 is 71.4. The van der Waals surface area contributed by atoms with Crippen molar-refractivity contribution in [3.63, 3.8) is 0 Å². The van der Waals surface area contributed by atoms with Crippen LogP contribution in [0, 0.1) is 5.92 Å². The predicted molar refractivity (Wildman–Crippen MR) is 96.9 cm³/mol. The van der Waals surface area contributed by atoms with Gasteiger partial charge < -0.3 is 4.74 Å². The van der Waals surface area contributed by atoms with Gasteiger partial charge in [0.15, 0.2) is 0 Å². The van der Waals surface area contributed by atoms with Gasteiger partial charge in [-0.3, -0.25) is 4.79 Å². The highest BCUT2D eigenvalue weighted by molar-refractivity contribution is 7.89. The molecule has 0 saturated heterocycles. The second-order valence-corrected chi connectivity index (χ2v) is 7.72. The number of nitrogens with one attached hydrogen (secondary N) is 1. The third-order valence-electron chi connectivity index (χ3n) is 3.95. The van der Waals surface area contributed by atoms with Crippen LogP contribution in [0.2, 0.25) is 0 Å². The van der Waals surface area contributed by atoms with Crippen molar-refractivity contribution in [1.29, 1.82) is 0 Å². The van der Waals surface area contributed by atoms with Gasteiger partial charge in [-0.2, -0.15) is 13.2 Å². The molecule has 0 amide bonds. The predicted octanol–water partition coefficient (Wildman–Crippen LogP) is 3.41. The number of rotatable bonds is 8. The zero-order valence-corrected chi connectivity index (χ0v) is 15.9. The number of hydrogen-bond acceptors (Lipinski definition) is 4. The number of alkyl halides is 3. The van der Waals surface area contributed by atoms with E-state index in [0.717, 1.165) is 17.7 Å². The first kappa shape index (κ1) is 21.9. The van der Waals surface area contributed by atoms with Crippen molar-refractivity contribution in [3.05, 3.63) is 65.7 Å². The Balaban J connectivity index is 2.23. The molecule has 9 heteroatoms. The summed E-state index contributed by atoms with van der Waals surface area (Å²) in [5.74, 6) is -1.51. The van der Waals surface area contributed by atoms with E-state index in [9.17, 15) is 26.4 Å². The molecule has 1 unspecified atom stereocenters. The van der Waals surface area contributed by atoms with Crippen LogP contribution in [-0.2, 0) is 32.2 Å². The van der Waals surface area contributed by atoms with Crippen molar-refractivity contribution in [2.24, 2.45) is 5.92 Å². The van der Waals surface area contributed by atoms with Gasteiger partial charge in [0.25, 0.3) is 0 Å². The van der Waals surface area contributed by atoms with Crippen molar-refractivity contribution in [1.82, 2.24) is 4.72 Å². The molecule has 2 aromatic carbocycles.